The Labute approximate surface area is 109 Å². The van der Waals surface area contributed by atoms with E-state index in [1.54, 1.807) is 17.5 Å². The van der Waals surface area contributed by atoms with E-state index in [2.05, 4.69) is 21.9 Å². The third-order valence-corrected chi connectivity index (χ3v) is 4.07. The van der Waals surface area contributed by atoms with Crippen molar-refractivity contribution in [1.82, 2.24) is 15.0 Å². The second-order valence-corrected chi connectivity index (χ2v) is 5.76. The van der Waals surface area contributed by atoms with Crippen LogP contribution in [0.5, 0.6) is 0 Å². The van der Waals surface area contributed by atoms with Crippen molar-refractivity contribution in [2.75, 3.05) is 0 Å². The standard InChI is InChI=1S/C11H14N4S2/c1-2-9(12)5-8-6-14-10(15-7-8)17-11-13-3-4-16-11/h3-4,6-7,9H,2,5,12H2,1H3. The van der Waals surface area contributed by atoms with Crippen molar-refractivity contribution in [2.24, 2.45) is 5.73 Å². The first-order valence-electron chi connectivity index (χ1n) is 5.41. The number of thiazole rings is 1. The van der Waals surface area contributed by atoms with E-state index >= 15 is 0 Å². The minimum absolute atomic E-state index is 0.191. The van der Waals surface area contributed by atoms with Gasteiger partial charge < -0.3 is 5.73 Å². The average molecular weight is 266 g/mol. The molecule has 0 radical (unpaired) electrons. The summed E-state index contributed by atoms with van der Waals surface area (Å²) < 4.78 is 0.961. The minimum Gasteiger partial charge on any atom is -0.327 e. The molecule has 0 aromatic carbocycles. The lowest BCUT2D eigenvalue weighted by atomic mass is 10.1. The van der Waals surface area contributed by atoms with E-state index in [9.17, 15) is 0 Å². The van der Waals surface area contributed by atoms with Crippen molar-refractivity contribution < 1.29 is 0 Å². The molecule has 2 N–H and O–H groups in total. The number of rotatable bonds is 5. The number of hydrogen-bond donors (Lipinski definition) is 1. The van der Waals surface area contributed by atoms with Crippen LogP contribution in [0.4, 0.5) is 0 Å². The summed E-state index contributed by atoms with van der Waals surface area (Å²) in [5.74, 6) is 0. The van der Waals surface area contributed by atoms with Crippen molar-refractivity contribution in [1.29, 1.82) is 0 Å². The van der Waals surface area contributed by atoms with Crippen LogP contribution in [-0.4, -0.2) is 21.0 Å². The monoisotopic (exact) mass is 266 g/mol. The first-order chi connectivity index (χ1) is 8.28. The molecule has 1 atom stereocenters. The second-order valence-electron chi connectivity index (χ2n) is 3.65. The molecule has 6 heteroatoms. The van der Waals surface area contributed by atoms with Gasteiger partial charge in [-0.2, -0.15) is 0 Å². The van der Waals surface area contributed by atoms with E-state index < -0.39 is 0 Å². The summed E-state index contributed by atoms with van der Waals surface area (Å²) in [5, 5.41) is 2.67. The molecule has 2 heterocycles. The van der Waals surface area contributed by atoms with Gasteiger partial charge in [-0.3, -0.25) is 0 Å². The van der Waals surface area contributed by atoms with Crippen LogP contribution in [0.15, 0.2) is 33.5 Å². The van der Waals surface area contributed by atoms with E-state index in [1.807, 2.05) is 17.8 Å². The Morgan fingerprint density at radius 2 is 2.12 bits per heavy atom. The maximum Gasteiger partial charge on any atom is 0.194 e. The van der Waals surface area contributed by atoms with Crippen LogP contribution >= 0.6 is 23.1 Å². The molecular formula is C11H14N4S2. The Morgan fingerprint density at radius 3 is 2.71 bits per heavy atom. The zero-order valence-corrected chi connectivity index (χ0v) is 11.2. The number of hydrogen-bond acceptors (Lipinski definition) is 6. The lowest BCUT2D eigenvalue weighted by molar-refractivity contribution is 0.641. The molecule has 2 aromatic heterocycles. The van der Waals surface area contributed by atoms with Crippen LogP contribution in [0.25, 0.3) is 0 Å². The van der Waals surface area contributed by atoms with Gasteiger partial charge >= 0.3 is 0 Å². The van der Waals surface area contributed by atoms with Crippen LogP contribution < -0.4 is 5.73 Å². The normalized spacial score (nSPS) is 12.6. The number of nitrogens with zero attached hydrogens (tertiary/aromatic N) is 3. The number of aromatic nitrogens is 3. The van der Waals surface area contributed by atoms with Crippen LogP contribution in [0.3, 0.4) is 0 Å². The predicted octanol–water partition coefficient (Wildman–Crippen LogP) is 2.36. The largest absolute Gasteiger partial charge is 0.327 e. The highest BCUT2D eigenvalue weighted by atomic mass is 32.2. The summed E-state index contributed by atoms with van der Waals surface area (Å²) in [7, 11) is 0. The molecule has 4 nitrogen and oxygen atoms in total. The maximum atomic E-state index is 5.88. The van der Waals surface area contributed by atoms with E-state index in [1.165, 1.54) is 11.8 Å². The summed E-state index contributed by atoms with van der Waals surface area (Å²) >= 11 is 3.07. The lowest BCUT2D eigenvalue weighted by Crippen LogP contribution is -2.21. The Kier molecular flexibility index (Phi) is 4.47. The molecule has 0 amide bonds. The molecule has 0 aliphatic heterocycles. The van der Waals surface area contributed by atoms with Gasteiger partial charge in [0.15, 0.2) is 9.50 Å². The summed E-state index contributed by atoms with van der Waals surface area (Å²) in [5.41, 5.74) is 6.97. The van der Waals surface area contributed by atoms with E-state index in [0.717, 1.165) is 27.9 Å². The van der Waals surface area contributed by atoms with Gasteiger partial charge in [0.05, 0.1) is 0 Å². The Hall–Kier alpha value is -0.980. The van der Waals surface area contributed by atoms with Crippen LogP contribution in [0.1, 0.15) is 18.9 Å². The van der Waals surface area contributed by atoms with Gasteiger partial charge in [-0.15, -0.1) is 11.3 Å². The Morgan fingerprint density at radius 1 is 1.35 bits per heavy atom. The summed E-state index contributed by atoms with van der Waals surface area (Å²) in [6, 6.07) is 0.191. The molecule has 2 rings (SSSR count). The maximum absolute atomic E-state index is 5.88. The third-order valence-electron chi connectivity index (χ3n) is 2.29. The van der Waals surface area contributed by atoms with Crippen molar-refractivity contribution in [2.45, 2.75) is 35.3 Å². The predicted molar refractivity (Wildman–Crippen MR) is 70.2 cm³/mol. The first-order valence-corrected chi connectivity index (χ1v) is 7.11. The summed E-state index contributed by atoms with van der Waals surface area (Å²) in [6.45, 7) is 2.08. The van der Waals surface area contributed by atoms with Crippen molar-refractivity contribution >= 4 is 23.1 Å². The highest BCUT2D eigenvalue weighted by Gasteiger charge is 2.05. The highest BCUT2D eigenvalue weighted by Crippen LogP contribution is 2.25. The van der Waals surface area contributed by atoms with Gasteiger partial charge in [0.1, 0.15) is 0 Å². The number of nitrogens with two attached hydrogens (primary N) is 1. The molecule has 0 fully saturated rings. The molecular weight excluding hydrogens is 252 g/mol. The first kappa shape index (κ1) is 12.5. The second kappa shape index (κ2) is 6.09. The van der Waals surface area contributed by atoms with Gasteiger partial charge in [-0.05, 0) is 30.2 Å². The van der Waals surface area contributed by atoms with Gasteiger partial charge in [-0.25, -0.2) is 15.0 Å². The molecule has 17 heavy (non-hydrogen) atoms. The Balaban J connectivity index is 1.98. The van der Waals surface area contributed by atoms with Crippen molar-refractivity contribution in [3.8, 4) is 0 Å². The Bertz CT molecular complexity index is 441. The van der Waals surface area contributed by atoms with Gasteiger partial charge in [0.2, 0.25) is 0 Å². The van der Waals surface area contributed by atoms with Gasteiger partial charge in [0.25, 0.3) is 0 Å². The fourth-order valence-corrected chi connectivity index (χ4v) is 2.71. The molecule has 0 aliphatic carbocycles. The van der Waals surface area contributed by atoms with E-state index in [4.69, 9.17) is 5.73 Å². The van der Waals surface area contributed by atoms with Crippen molar-refractivity contribution in [3.05, 3.63) is 29.5 Å². The molecule has 0 spiro atoms. The van der Waals surface area contributed by atoms with Crippen LogP contribution in [-0.2, 0) is 6.42 Å². The topological polar surface area (TPSA) is 64.7 Å². The summed E-state index contributed by atoms with van der Waals surface area (Å²) in [4.78, 5) is 12.8. The van der Waals surface area contributed by atoms with E-state index in [0.29, 0.717) is 0 Å². The quantitative estimate of drug-likeness (QED) is 0.842. The van der Waals surface area contributed by atoms with Crippen molar-refractivity contribution in [3.63, 3.8) is 0 Å². The molecule has 0 saturated heterocycles. The molecule has 0 bridgehead atoms. The fraction of sp³-hybridized carbons (Fsp3) is 0.364. The van der Waals surface area contributed by atoms with Gasteiger partial charge in [-0.1, -0.05) is 6.92 Å². The van der Waals surface area contributed by atoms with Crippen LogP contribution in [0.2, 0.25) is 0 Å². The average Bonchev–Trinajstić information content (AvgIpc) is 2.84. The molecule has 0 saturated carbocycles. The summed E-state index contributed by atoms with van der Waals surface area (Å²) in [6.07, 6.45) is 7.27. The molecule has 0 aliphatic rings. The minimum atomic E-state index is 0.191. The molecule has 1 unspecified atom stereocenters. The van der Waals surface area contributed by atoms with Gasteiger partial charge in [0, 0.05) is 30.0 Å². The van der Waals surface area contributed by atoms with Crippen LogP contribution in [0, 0.1) is 0 Å². The smallest absolute Gasteiger partial charge is 0.194 e. The molecule has 2 aromatic rings. The lowest BCUT2D eigenvalue weighted by Gasteiger charge is -2.07. The third kappa shape index (κ3) is 3.76. The zero-order chi connectivity index (χ0) is 12.1. The van der Waals surface area contributed by atoms with E-state index in [-0.39, 0.29) is 6.04 Å². The highest BCUT2D eigenvalue weighted by molar-refractivity contribution is 8.00. The zero-order valence-electron chi connectivity index (χ0n) is 9.54. The molecule has 90 valence electrons. The SMILES string of the molecule is CCC(N)Cc1cnc(Sc2nccs2)nc1. The fourth-order valence-electron chi connectivity index (χ4n) is 1.29.